The van der Waals surface area contributed by atoms with Gasteiger partial charge in [-0.15, -0.1) is 0 Å². The van der Waals surface area contributed by atoms with E-state index in [1.165, 1.54) is 0 Å². The molecule has 0 amide bonds. The third-order valence-electron chi connectivity index (χ3n) is 4.03. The SMILES string of the molecule is CCOc1cc(/C=C(/C#N)c2ccc3ccccc3c2)cc(Br)c1OC. The van der Waals surface area contributed by atoms with Gasteiger partial charge in [0.25, 0.3) is 0 Å². The maximum atomic E-state index is 9.67. The van der Waals surface area contributed by atoms with E-state index in [9.17, 15) is 5.26 Å². The standard InChI is InChI=1S/C22H18BrNO2/c1-3-26-21-12-15(11-20(23)22(21)25-2)10-19(14-24)18-9-8-16-6-4-5-7-17(16)13-18/h4-13H,3H2,1-2H3/b19-10-. The maximum absolute atomic E-state index is 9.67. The van der Waals surface area contributed by atoms with Crippen molar-refractivity contribution in [3.8, 4) is 17.6 Å². The van der Waals surface area contributed by atoms with Gasteiger partial charge in [0.15, 0.2) is 11.5 Å². The zero-order chi connectivity index (χ0) is 18.5. The molecule has 0 N–H and O–H groups in total. The average Bonchev–Trinajstić information content (AvgIpc) is 2.66. The molecule has 0 atom stereocenters. The van der Waals surface area contributed by atoms with Gasteiger partial charge in [-0.3, -0.25) is 0 Å². The Morgan fingerprint density at radius 3 is 2.58 bits per heavy atom. The van der Waals surface area contributed by atoms with Crippen molar-refractivity contribution < 1.29 is 9.47 Å². The molecule has 0 spiro atoms. The average molecular weight is 408 g/mol. The summed E-state index contributed by atoms with van der Waals surface area (Å²) in [7, 11) is 1.61. The van der Waals surface area contributed by atoms with Crippen LogP contribution < -0.4 is 9.47 Å². The van der Waals surface area contributed by atoms with E-state index in [2.05, 4.69) is 28.1 Å². The first-order valence-corrected chi connectivity index (χ1v) is 9.07. The first-order valence-electron chi connectivity index (χ1n) is 8.27. The van der Waals surface area contributed by atoms with Crippen LogP contribution in [-0.2, 0) is 0 Å². The number of hydrogen-bond donors (Lipinski definition) is 0. The summed E-state index contributed by atoms with van der Waals surface area (Å²) < 4.78 is 11.8. The van der Waals surface area contributed by atoms with Gasteiger partial charge in [0.2, 0.25) is 0 Å². The molecular formula is C22H18BrNO2. The summed E-state index contributed by atoms with van der Waals surface area (Å²) in [6, 6.07) is 20.3. The van der Waals surface area contributed by atoms with Crippen molar-refractivity contribution in [1.29, 1.82) is 5.26 Å². The lowest BCUT2D eigenvalue weighted by molar-refractivity contribution is 0.310. The van der Waals surface area contributed by atoms with Crippen LogP contribution in [0.15, 0.2) is 59.1 Å². The second-order valence-corrected chi connectivity index (χ2v) is 6.55. The minimum atomic E-state index is 0.533. The Bertz CT molecular complexity index is 1020. The summed E-state index contributed by atoms with van der Waals surface area (Å²) in [6.07, 6.45) is 1.86. The van der Waals surface area contributed by atoms with Crippen LogP contribution in [0.25, 0.3) is 22.4 Å². The summed E-state index contributed by atoms with van der Waals surface area (Å²) in [6.45, 7) is 2.46. The maximum Gasteiger partial charge on any atom is 0.174 e. The Morgan fingerprint density at radius 2 is 1.88 bits per heavy atom. The molecule has 0 aliphatic carbocycles. The molecule has 0 aliphatic heterocycles. The van der Waals surface area contributed by atoms with Crippen LogP contribution in [0.2, 0.25) is 0 Å². The van der Waals surface area contributed by atoms with Crippen LogP contribution >= 0.6 is 15.9 Å². The first kappa shape index (κ1) is 18.0. The van der Waals surface area contributed by atoms with E-state index in [0.717, 1.165) is 26.4 Å². The Balaban J connectivity index is 2.07. The van der Waals surface area contributed by atoms with E-state index in [-0.39, 0.29) is 0 Å². The third kappa shape index (κ3) is 3.74. The lowest BCUT2D eigenvalue weighted by Gasteiger charge is -2.12. The van der Waals surface area contributed by atoms with E-state index in [1.807, 2.05) is 61.5 Å². The van der Waals surface area contributed by atoms with Crippen LogP contribution in [0, 0.1) is 11.3 Å². The second-order valence-electron chi connectivity index (χ2n) is 5.70. The summed E-state index contributed by atoms with van der Waals surface area (Å²) in [5.41, 5.74) is 2.34. The van der Waals surface area contributed by atoms with Crippen molar-refractivity contribution in [1.82, 2.24) is 0 Å². The highest BCUT2D eigenvalue weighted by Gasteiger charge is 2.11. The van der Waals surface area contributed by atoms with Gasteiger partial charge < -0.3 is 9.47 Å². The normalized spacial score (nSPS) is 11.2. The summed E-state index contributed by atoms with van der Waals surface area (Å²) in [4.78, 5) is 0. The molecule has 0 heterocycles. The number of nitriles is 1. The third-order valence-corrected chi connectivity index (χ3v) is 4.62. The Hall–Kier alpha value is -2.77. The molecule has 0 aliphatic rings. The Kier molecular flexibility index (Phi) is 5.60. The van der Waals surface area contributed by atoms with Crippen molar-refractivity contribution in [2.45, 2.75) is 6.92 Å². The van der Waals surface area contributed by atoms with Crippen molar-refractivity contribution >= 4 is 38.4 Å². The molecular weight excluding hydrogens is 390 g/mol. The molecule has 130 valence electrons. The topological polar surface area (TPSA) is 42.2 Å². The Labute approximate surface area is 161 Å². The van der Waals surface area contributed by atoms with E-state index >= 15 is 0 Å². The largest absolute Gasteiger partial charge is 0.492 e. The van der Waals surface area contributed by atoms with E-state index in [1.54, 1.807) is 7.11 Å². The monoisotopic (exact) mass is 407 g/mol. The van der Waals surface area contributed by atoms with Gasteiger partial charge >= 0.3 is 0 Å². The zero-order valence-corrected chi connectivity index (χ0v) is 16.2. The molecule has 0 saturated heterocycles. The minimum absolute atomic E-state index is 0.533. The lowest BCUT2D eigenvalue weighted by atomic mass is 10.00. The molecule has 0 unspecified atom stereocenters. The van der Waals surface area contributed by atoms with Crippen molar-refractivity contribution in [3.63, 3.8) is 0 Å². The number of allylic oxidation sites excluding steroid dienone is 1. The first-order chi connectivity index (χ1) is 12.7. The number of hydrogen-bond acceptors (Lipinski definition) is 3. The molecule has 0 aromatic heterocycles. The Morgan fingerprint density at radius 1 is 1.12 bits per heavy atom. The fourth-order valence-corrected chi connectivity index (χ4v) is 3.46. The van der Waals surface area contributed by atoms with Gasteiger partial charge in [0, 0.05) is 0 Å². The molecule has 0 bridgehead atoms. The van der Waals surface area contributed by atoms with E-state index in [4.69, 9.17) is 9.47 Å². The molecule has 3 aromatic carbocycles. The quantitative estimate of drug-likeness (QED) is 0.380. The molecule has 4 heteroatoms. The highest BCUT2D eigenvalue weighted by Crippen LogP contribution is 2.37. The summed E-state index contributed by atoms with van der Waals surface area (Å²) in [5, 5.41) is 11.9. The molecule has 3 nitrogen and oxygen atoms in total. The fourth-order valence-electron chi connectivity index (χ4n) is 2.84. The smallest absolute Gasteiger partial charge is 0.174 e. The predicted molar refractivity (Wildman–Crippen MR) is 109 cm³/mol. The van der Waals surface area contributed by atoms with E-state index < -0.39 is 0 Å². The predicted octanol–water partition coefficient (Wildman–Crippen LogP) is 6.07. The van der Waals surface area contributed by atoms with Gasteiger partial charge in [-0.25, -0.2) is 0 Å². The van der Waals surface area contributed by atoms with Gasteiger partial charge in [-0.1, -0.05) is 36.4 Å². The van der Waals surface area contributed by atoms with Crippen LogP contribution in [0.5, 0.6) is 11.5 Å². The van der Waals surface area contributed by atoms with Crippen molar-refractivity contribution in [2.75, 3.05) is 13.7 Å². The van der Waals surface area contributed by atoms with Crippen LogP contribution in [0.3, 0.4) is 0 Å². The number of benzene rings is 3. The second kappa shape index (κ2) is 8.07. The van der Waals surface area contributed by atoms with Gasteiger partial charge in [-0.2, -0.15) is 5.26 Å². The number of fused-ring (bicyclic) bond motifs is 1. The minimum Gasteiger partial charge on any atom is -0.492 e. The number of nitrogens with zero attached hydrogens (tertiary/aromatic N) is 1. The van der Waals surface area contributed by atoms with Crippen molar-refractivity contribution in [2.24, 2.45) is 0 Å². The number of ether oxygens (including phenoxy) is 2. The molecule has 26 heavy (non-hydrogen) atoms. The molecule has 0 radical (unpaired) electrons. The van der Waals surface area contributed by atoms with Gasteiger partial charge in [0.05, 0.1) is 29.8 Å². The van der Waals surface area contributed by atoms with E-state index in [0.29, 0.717) is 23.7 Å². The number of rotatable bonds is 5. The highest BCUT2D eigenvalue weighted by molar-refractivity contribution is 9.10. The highest BCUT2D eigenvalue weighted by atomic mass is 79.9. The fraction of sp³-hybridized carbons (Fsp3) is 0.136. The molecule has 0 saturated carbocycles. The molecule has 3 rings (SSSR count). The summed E-state index contributed by atoms with van der Waals surface area (Å²) >= 11 is 3.51. The van der Waals surface area contributed by atoms with Crippen LogP contribution in [0.4, 0.5) is 0 Å². The van der Waals surface area contributed by atoms with Crippen molar-refractivity contribution in [3.05, 3.63) is 70.2 Å². The van der Waals surface area contributed by atoms with Gasteiger partial charge in [-0.05, 0) is 69.0 Å². The number of methoxy groups -OCH3 is 1. The zero-order valence-electron chi connectivity index (χ0n) is 14.6. The van der Waals surface area contributed by atoms with Crippen LogP contribution in [-0.4, -0.2) is 13.7 Å². The number of halogens is 1. The lowest BCUT2D eigenvalue weighted by Crippen LogP contribution is -1.96. The molecule has 0 fully saturated rings. The van der Waals surface area contributed by atoms with Gasteiger partial charge in [0.1, 0.15) is 0 Å². The molecule has 3 aromatic rings. The summed E-state index contributed by atoms with van der Waals surface area (Å²) in [5.74, 6) is 1.29. The van der Waals surface area contributed by atoms with Crippen LogP contribution in [0.1, 0.15) is 18.1 Å².